The maximum atomic E-state index is 12.1. The minimum atomic E-state index is -0.0463. The van der Waals surface area contributed by atoms with Crippen LogP contribution >= 0.6 is 27.3 Å². The molecule has 21 heavy (non-hydrogen) atoms. The molecule has 0 aliphatic rings. The van der Waals surface area contributed by atoms with E-state index in [4.69, 9.17) is 0 Å². The number of halogens is 1. The minimum Gasteiger partial charge on any atom is -0.352 e. The molecule has 3 rings (SSSR count). The molecule has 3 nitrogen and oxygen atoms in total. The van der Waals surface area contributed by atoms with Gasteiger partial charge < -0.3 is 5.32 Å². The quantitative estimate of drug-likeness (QED) is 0.762. The maximum Gasteiger partial charge on any atom is 0.251 e. The molecule has 1 aromatic heterocycles. The van der Waals surface area contributed by atoms with E-state index in [0.717, 1.165) is 27.4 Å². The predicted octanol–water partition coefficient (Wildman–Crippen LogP) is 4.03. The van der Waals surface area contributed by atoms with Gasteiger partial charge in [0, 0.05) is 28.4 Å². The Morgan fingerprint density at radius 2 is 2.00 bits per heavy atom. The summed E-state index contributed by atoms with van der Waals surface area (Å²) in [6.45, 7) is 0.598. The van der Waals surface area contributed by atoms with Gasteiger partial charge in [0.05, 0.1) is 11.2 Å². The fourth-order valence-electron chi connectivity index (χ4n) is 2.12. The minimum absolute atomic E-state index is 0.0463. The lowest BCUT2D eigenvalue weighted by Crippen LogP contribution is -2.25. The molecule has 1 N–H and O–H groups in total. The van der Waals surface area contributed by atoms with Crippen LogP contribution in [0.25, 0.3) is 10.8 Å². The van der Waals surface area contributed by atoms with E-state index in [1.165, 1.54) is 0 Å². The van der Waals surface area contributed by atoms with Crippen molar-refractivity contribution in [2.24, 2.45) is 0 Å². The van der Waals surface area contributed by atoms with Crippen LogP contribution < -0.4 is 5.32 Å². The number of hydrogen-bond acceptors (Lipinski definition) is 3. The topological polar surface area (TPSA) is 42.0 Å². The Hall–Kier alpha value is -1.72. The molecule has 0 aliphatic carbocycles. The first-order valence-corrected chi connectivity index (χ1v) is 8.30. The molecule has 1 amide bonds. The summed E-state index contributed by atoms with van der Waals surface area (Å²) in [6.07, 6.45) is 0.760. The molecule has 0 saturated carbocycles. The van der Waals surface area contributed by atoms with Gasteiger partial charge in [-0.15, -0.1) is 11.3 Å². The van der Waals surface area contributed by atoms with Gasteiger partial charge in [0.15, 0.2) is 0 Å². The van der Waals surface area contributed by atoms with Gasteiger partial charge in [-0.2, -0.15) is 0 Å². The molecular formula is C16H13BrN2OS. The second kappa shape index (κ2) is 6.37. The van der Waals surface area contributed by atoms with E-state index in [-0.39, 0.29) is 5.91 Å². The fourth-order valence-corrected chi connectivity index (χ4v) is 3.10. The molecule has 0 aliphatic heterocycles. The number of aromatic nitrogens is 1. The van der Waals surface area contributed by atoms with Crippen molar-refractivity contribution in [2.75, 3.05) is 6.54 Å². The third-order valence-electron chi connectivity index (χ3n) is 3.21. The molecule has 0 spiro atoms. The van der Waals surface area contributed by atoms with Crippen molar-refractivity contribution in [3.05, 3.63) is 63.0 Å². The van der Waals surface area contributed by atoms with Crippen molar-refractivity contribution < 1.29 is 4.79 Å². The van der Waals surface area contributed by atoms with Gasteiger partial charge in [-0.25, -0.2) is 4.98 Å². The first-order chi connectivity index (χ1) is 10.2. The van der Waals surface area contributed by atoms with E-state index in [2.05, 4.69) is 26.2 Å². The van der Waals surface area contributed by atoms with Crippen LogP contribution in [-0.2, 0) is 6.42 Å². The predicted molar refractivity (Wildman–Crippen MR) is 89.8 cm³/mol. The Kier molecular flexibility index (Phi) is 4.31. The van der Waals surface area contributed by atoms with E-state index in [1.807, 2.05) is 41.8 Å². The van der Waals surface area contributed by atoms with Gasteiger partial charge in [-0.05, 0) is 35.0 Å². The summed E-state index contributed by atoms with van der Waals surface area (Å²) in [5, 5.41) is 7.10. The second-order valence-electron chi connectivity index (χ2n) is 4.69. The summed E-state index contributed by atoms with van der Waals surface area (Å²) in [6, 6.07) is 11.8. The summed E-state index contributed by atoms with van der Waals surface area (Å²) in [5.41, 5.74) is 3.50. The summed E-state index contributed by atoms with van der Waals surface area (Å²) < 4.78 is 1.04. The first-order valence-electron chi connectivity index (χ1n) is 6.57. The van der Waals surface area contributed by atoms with Crippen molar-refractivity contribution >= 4 is 43.9 Å². The molecule has 0 fully saturated rings. The molecule has 3 aromatic rings. The van der Waals surface area contributed by atoms with Crippen LogP contribution in [0.4, 0.5) is 0 Å². The molecule has 5 heteroatoms. The average Bonchev–Trinajstić information content (AvgIpc) is 3.00. The third-order valence-corrected chi connectivity index (χ3v) is 4.34. The van der Waals surface area contributed by atoms with E-state index in [0.29, 0.717) is 12.1 Å². The summed E-state index contributed by atoms with van der Waals surface area (Å²) in [5.74, 6) is -0.0463. The Morgan fingerprint density at radius 1 is 1.19 bits per heavy atom. The van der Waals surface area contributed by atoms with E-state index in [9.17, 15) is 4.79 Å². The zero-order valence-electron chi connectivity index (χ0n) is 11.2. The number of thiazole rings is 1. The van der Waals surface area contributed by atoms with Crippen molar-refractivity contribution in [1.82, 2.24) is 10.3 Å². The van der Waals surface area contributed by atoms with Crippen molar-refractivity contribution in [2.45, 2.75) is 6.42 Å². The highest BCUT2D eigenvalue weighted by Crippen LogP contribution is 2.20. The Balaban J connectivity index is 1.68. The number of fused-ring (bicyclic) bond motifs is 1. The van der Waals surface area contributed by atoms with E-state index < -0.39 is 0 Å². The number of nitrogens with zero attached hydrogens (tertiary/aromatic N) is 1. The normalized spacial score (nSPS) is 10.7. The van der Waals surface area contributed by atoms with Gasteiger partial charge in [-0.1, -0.05) is 28.1 Å². The van der Waals surface area contributed by atoms with Gasteiger partial charge >= 0.3 is 0 Å². The van der Waals surface area contributed by atoms with E-state index >= 15 is 0 Å². The standard InChI is InChI=1S/C16H13BrN2OS/c17-14-4-3-11-7-13(2-1-12(11)8-14)16(20)18-6-5-15-9-21-10-19-15/h1-4,7-10H,5-6H2,(H,18,20). The molecular weight excluding hydrogens is 348 g/mol. The Morgan fingerprint density at radius 3 is 2.81 bits per heavy atom. The highest BCUT2D eigenvalue weighted by atomic mass is 79.9. The molecule has 0 radical (unpaired) electrons. The number of hydrogen-bond donors (Lipinski definition) is 1. The van der Waals surface area contributed by atoms with Crippen LogP contribution in [0.15, 0.2) is 51.8 Å². The highest BCUT2D eigenvalue weighted by Gasteiger charge is 2.06. The Labute approximate surface area is 135 Å². The number of benzene rings is 2. The lowest BCUT2D eigenvalue weighted by molar-refractivity contribution is 0.0954. The monoisotopic (exact) mass is 360 g/mol. The zero-order valence-corrected chi connectivity index (χ0v) is 13.6. The lowest BCUT2D eigenvalue weighted by atomic mass is 10.1. The molecule has 1 heterocycles. The molecule has 0 atom stereocenters. The summed E-state index contributed by atoms with van der Waals surface area (Å²) in [7, 11) is 0. The zero-order chi connectivity index (χ0) is 14.7. The summed E-state index contributed by atoms with van der Waals surface area (Å²) in [4.78, 5) is 16.3. The lowest BCUT2D eigenvalue weighted by Gasteiger charge is -2.06. The molecule has 2 aromatic carbocycles. The largest absolute Gasteiger partial charge is 0.352 e. The van der Waals surface area contributed by atoms with Gasteiger partial charge in [0.2, 0.25) is 0 Å². The van der Waals surface area contributed by atoms with Crippen LogP contribution in [-0.4, -0.2) is 17.4 Å². The fraction of sp³-hybridized carbons (Fsp3) is 0.125. The number of rotatable bonds is 4. The Bertz CT molecular complexity index is 771. The van der Waals surface area contributed by atoms with Gasteiger partial charge in [-0.3, -0.25) is 4.79 Å². The van der Waals surface area contributed by atoms with Crippen molar-refractivity contribution in [3.63, 3.8) is 0 Å². The molecule has 0 bridgehead atoms. The van der Waals surface area contributed by atoms with E-state index in [1.54, 1.807) is 16.8 Å². The number of amides is 1. The second-order valence-corrected chi connectivity index (χ2v) is 6.33. The SMILES string of the molecule is O=C(NCCc1cscn1)c1ccc2cc(Br)ccc2c1. The van der Waals surface area contributed by atoms with Crippen LogP contribution in [0.5, 0.6) is 0 Å². The maximum absolute atomic E-state index is 12.1. The van der Waals surface area contributed by atoms with Crippen LogP contribution in [0, 0.1) is 0 Å². The van der Waals surface area contributed by atoms with Crippen molar-refractivity contribution in [1.29, 1.82) is 0 Å². The smallest absolute Gasteiger partial charge is 0.251 e. The van der Waals surface area contributed by atoms with Crippen LogP contribution in [0.3, 0.4) is 0 Å². The molecule has 106 valence electrons. The molecule has 0 unspecified atom stereocenters. The van der Waals surface area contributed by atoms with Crippen LogP contribution in [0.2, 0.25) is 0 Å². The van der Waals surface area contributed by atoms with Gasteiger partial charge in [0.1, 0.15) is 0 Å². The van der Waals surface area contributed by atoms with Crippen LogP contribution in [0.1, 0.15) is 16.1 Å². The average molecular weight is 361 g/mol. The number of carbonyl (C=O) groups excluding carboxylic acids is 1. The number of carbonyl (C=O) groups is 1. The number of nitrogens with one attached hydrogen (secondary N) is 1. The van der Waals surface area contributed by atoms with Crippen molar-refractivity contribution in [3.8, 4) is 0 Å². The van der Waals surface area contributed by atoms with Gasteiger partial charge in [0.25, 0.3) is 5.91 Å². The molecule has 0 saturated heterocycles. The summed E-state index contributed by atoms with van der Waals surface area (Å²) >= 11 is 5.02. The first kappa shape index (κ1) is 14.2. The highest BCUT2D eigenvalue weighted by molar-refractivity contribution is 9.10. The third kappa shape index (κ3) is 3.49.